The number of nitrogens with zero attached hydrogens (tertiary/aromatic N) is 1. The molecule has 0 aliphatic heterocycles. The smallest absolute Gasteiger partial charge is 0.309 e. The first-order valence-corrected chi connectivity index (χ1v) is 7.93. The van der Waals surface area contributed by atoms with Gasteiger partial charge in [0.05, 0.1) is 24.0 Å². The van der Waals surface area contributed by atoms with E-state index in [1.165, 1.54) is 35.7 Å². The van der Waals surface area contributed by atoms with E-state index in [-0.39, 0.29) is 10.6 Å². The molecular weight excluding hydrogens is 300 g/mol. The van der Waals surface area contributed by atoms with Crippen molar-refractivity contribution in [3.05, 3.63) is 41.0 Å². The molecule has 2 heterocycles. The molecule has 0 spiro atoms. The van der Waals surface area contributed by atoms with Crippen molar-refractivity contribution in [2.45, 2.75) is 17.6 Å². The summed E-state index contributed by atoms with van der Waals surface area (Å²) in [6.45, 7) is 1.83. The number of carbonyl (C=O) groups is 1. The van der Waals surface area contributed by atoms with Gasteiger partial charge in [-0.25, -0.2) is 8.42 Å². The van der Waals surface area contributed by atoms with E-state index in [1.807, 2.05) is 6.92 Å². The first-order valence-electron chi connectivity index (χ1n) is 5.63. The highest BCUT2D eigenvalue weighted by Gasteiger charge is 2.16. The number of hydrogen-bond donors (Lipinski definition) is 2. The summed E-state index contributed by atoms with van der Waals surface area (Å²) in [5.74, 6) is -0.986. The maximum absolute atomic E-state index is 12.1. The average molecular weight is 312 g/mol. The van der Waals surface area contributed by atoms with Gasteiger partial charge < -0.3 is 5.11 Å². The van der Waals surface area contributed by atoms with Crippen LogP contribution < -0.4 is 4.72 Å². The van der Waals surface area contributed by atoms with Crippen molar-refractivity contribution >= 4 is 33.0 Å². The summed E-state index contributed by atoms with van der Waals surface area (Å²) in [7, 11) is -3.62. The van der Waals surface area contributed by atoms with Crippen LogP contribution in [-0.4, -0.2) is 24.5 Å². The number of thiophene rings is 1. The van der Waals surface area contributed by atoms with E-state index >= 15 is 0 Å². The zero-order valence-electron chi connectivity index (χ0n) is 10.5. The molecule has 6 nitrogen and oxygen atoms in total. The lowest BCUT2D eigenvalue weighted by atomic mass is 10.3. The van der Waals surface area contributed by atoms with Gasteiger partial charge in [0.15, 0.2) is 0 Å². The Morgan fingerprint density at radius 3 is 2.60 bits per heavy atom. The van der Waals surface area contributed by atoms with Crippen LogP contribution >= 0.6 is 11.3 Å². The number of aryl methyl sites for hydroxylation is 1. The zero-order chi connectivity index (χ0) is 14.8. The Bertz CT molecular complexity index is 720. The van der Waals surface area contributed by atoms with Crippen LogP contribution in [0.3, 0.4) is 0 Å². The predicted octanol–water partition coefficient (Wildman–Crippen LogP) is 1.88. The molecule has 106 valence electrons. The maximum atomic E-state index is 12.1. The third-order valence-electron chi connectivity index (χ3n) is 2.39. The van der Waals surface area contributed by atoms with E-state index in [0.29, 0.717) is 11.4 Å². The Labute approximate surface area is 120 Å². The number of rotatable bonds is 5. The zero-order valence-corrected chi connectivity index (χ0v) is 12.2. The Morgan fingerprint density at radius 2 is 2.10 bits per heavy atom. The molecule has 0 atom stereocenters. The summed E-state index contributed by atoms with van der Waals surface area (Å²) in [4.78, 5) is 15.3. The molecule has 2 aromatic rings. The molecule has 0 saturated heterocycles. The number of nitrogens with one attached hydrogen (secondary N) is 1. The molecule has 0 saturated carbocycles. The number of carboxylic acid groups (broad SMARTS) is 1. The molecule has 2 rings (SSSR count). The van der Waals surface area contributed by atoms with E-state index in [1.54, 1.807) is 6.07 Å². The fourth-order valence-electron chi connectivity index (χ4n) is 1.51. The van der Waals surface area contributed by atoms with Crippen LogP contribution in [0.1, 0.15) is 10.6 Å². The van der Waals surface area contributed by atoms with Crippen LogP contribution in [0.2, 0.25) is 0 Å². The van der Waals surface area contributed by atoms with Gasteiger partial charge in [-0.2, -0.15) is 0 Å². The highest BCUT2D eigenvalue weighted by molar-refractivity contribution is 7.94. The second kappa shape index (κ2) is 5.59. The van der Waals surface area contributed by atoms with E-state index in [2.05, 4.69) is 9.71 Å². The lowest BCUT2D eigenvalue weighted by Crippen LogP contribution is -2.12. The van der Waals surface area contributed by atoms with Crippen molar-refractivity contribution in [1.29, 1.82) is 0 Å². The molecule has 0 aliphatic rings. The van der Waals surface area contributed by atoms with Crippen molar-refractivity contribution in [3.8, 4) is 0 Å². The van der Waals surface area contributed by atoms with Gasteiger partial charge in [-0.15, -0.1) is 11.3 Å². The molecule has 2 aromatic heterocycles. The molecule has 20 heavy (non-hydrogen) atoms. The lowest BCUT2D eigenvalue weighted by molar-refractivity contribution is -0.136. The summed E-state index contributed by atoms with van der Waals surface area (Å²) in [6, 6.07) is 6.23. The molecule has 0 fully saturated rings. The number of anilines is 1. The molecule has 0 amide bonds. The molecule has 8 heteroatoms. The molecule has 2 N–H and O–H groups in total. The summed E-state index contributed by atoms with van der Waals surface area (Å²) >= 11 is 1.18. The maximum Gasteiger partial charge on any atom is 0.309 e. The van der Waals surface area contributed by atoms with Crippen LogP contribution in [0.25, 0.3) is 0 Å². The van der Waals surface area contributed by atoms with E-state index in [4.69, 9.17) is 5.11 Å². The lowest BCUT2D eigenvalue weighted by Gasteiger charge is -2.06. The average Bonchev–Trinajstić information content (AvgIpc) is 2.78. The van der Waals surface area contributed by atoms with Gasteiger partial charge in [0, 0.05) is 4.88 Å². The number of hydrogen-bond acceptors (Lipinski definition) is 5. The molecule has 0 aromatic carbocycles. The standard InChI is InChI=1S/C12H12N2O4S2/c1-8-2-5-12(19-8)20(17,18)14-10-4-3-9(13-7-10)6-11(15)16/h2-5,7,14H,6H2,1H3,(H,15,16). The second-order valence-electron chi connectivity index (χ2n) is 4.08. The van der Waals surface area contributed by atoms with Gasteiger partial charge in [0.25, 0.3) is 10.0 Å². The molecule has 0 unspecified atom stereocenters. The number of carboxylic acids is 1. The molecular formula is C12H12N2O4S2. The van der Waals surface area contributed by atoms with Crippen LogP contribution in [0, 0.1) is 6.92 Å². The minimum atomic E-state index is -3.62. The first kappa shape index (κ1) is 14.5. The van der Waals surface area contributed by atoms with Gasteiger partial charge >= 0.3 is 5.97 Å². The number of sulfonamides is 1. The Kier molecular flexibility index (Phi) is 4.05. The van der Waals surface area contributed by atoms with Crippen molar-refractivity contribution in [1.82, 2.24) is 4.98 Å². The van der Waals surface area contributed by atoms with Gasteiger partial charge in [-0.1, -0.05) is 0 Å². The normalized spacial score (nSPS) is 11.2. The highest BCUT2D eigenvalue weighted by atomic mass is 32.2. The van der Waals surface area contributed by atoms with Crippen molar-refractivity contribution in [2.75, 3.05) is 4.72 Å². The Morgan fingerprint density at radius 1 is 1.35 bits per heavy atom. The predicted molar refractivity (Wildman–Crippen MR) is 75.4 cm³/mol. The fourth-order valence-corrected chi connectivity index (χ4v) is 3.83. The SMILES string of the molecule is Cc1ccc(S(=O)(=O)Nc2ccc(CC(=O)O)nc2)s1. The van der Waals surface area contributed by atoms with Gasteiger partial charge in [0.2, 0.25) is 0 Å². The van der Waals surface area contributed by atoms with Crippen molar-refractivity contribution < 1.29 is 18.3 Å². The van der Waals surface area contributed by atoms with Crippen LogP contribution in [0.4, 0.5) is 5.69 Å². The largest absolute Gasteiger partial charge is 0.481 e. The summed E-state index contributed by atoms with van der Waals surface area (Å²) in [5.41, 5.74) is 0.664. The van der Waals surface area contributed by atoms with Crippen LogP contribution in [-0.2, 0) is 21.2 Å². The number of pyridine rings is 1. The number of aliphatic carboxylic acids is 1. The number of aromatic nitrogens is 1. The van der Waals surface area contributed by atoms with Gasteiger partial charge in [-0.05, 0) is 31.2 Å². The topological polar surface area (TPSA) is 96.4 Å². The first-order chi connectivity index (χ1) is 9.37. The van der Waals surface area contributed by atoms with E-state index in [9.17, 15) is 13.2 Å². The van der Waals surface area contributed by atoms with E-state index in [0.717, 1.165) is 4.88 Å². The Hall–Kier alpha value is -1.93. The summed E-state index contributed by atoms with van der Waals surface area (Å²) in [6.07, 6.45) is 1.10. The molecule has 0 bridgehead atoms. The van der Waals surface area contributed by atoms with Crippen LogP contribution in [0.15, 0.2) is 34.7 Å². The summed E-state index contributed by atoms with van der Waals surface area (Å²) in [5, 5.41) is 8.62. The second-order valence-corrected chi connectivity index (χ2v) is 7.28. The van der Waals surface area contributed by atoms with Crippen LogP contribution in [0.5, 0.6) is 0 Å². The summed E-state index contributed by atoms with van der Waals surface area (Å²) < 4.78 is 26.7. The van der Waals surface area contributed by atoms with Gasteiger partial charge in [-0.3, -0.25) is 14.5 Å². The molecule has 0 radical (unpaired) electrons. The third kappa shape index (κ3) is 3.55. The van der Waals surface area contributed by atoms with Crippen molar-refractivity contribution in [3.63, 3.8) is 0 Å². The fraction of sp³-hybridized carbons (Fsp3) is 0.167. The van der Waals surface area contributed by atoms with Crippen molar-refractivity contribution in [2.24, 2.45) is 0 Å². The van der Waals surface area contributed by atoms with E-state index < -0.39 is 16.0 Å². The Balaban J connectivity index is 2.15. The minimum absolute atomic E-state index is 0.197. The quantitative estimate of drug-likeness (QED) is 0.878. The molecule has 0 aliphatic carbocycles. The van der Waals surface area contributed by atoms with Gasteiger partial charge in [0.1, 0.15) is 4.21 Å². The minimum Gasteiger partial charge on any atom is -0.481 e. The third-order valence-corrected chi connectivity index (χ3v) is 5.26. The monoisotopic (exact) mass is 312 g/mol. The highest BCUT2D eigenvalue weighted by Crippen LogP contribution is 2.23.